The summed E-state index contributed by atoms with van der Waals surface area (Å²) in [5, 5.41) is 2.75. The van der Waals surface area contributed by atoms with Crippen LogP contribution in [-0.4, -0.2) is 13.4 Å². The van der Waals surface area contributed by atoms with Crippen molar-refractivity contribution in [2.75, 3.05) is 0 Å². The SMILES string of the molecule is Cc1ccc(S(=O)(=O)Oc2c[nH]c3ccc4ccccc4c23)cc1. The highest BCUT2D eigenvalue weighted by Crippen LogP contribution is 2.34. The van der Waals surface area contributed by atoms with Crippen LogP contribution in [0.4, 0.5) is 0 Å². The average molecular weight is 337 g/mol. The van der Waals surface area contributed by atoms with Crippen molar-refractivity contribution in [3.63, 3.8) is 0 Å². The molecule has 1 aromatic heterocycles. The molecule has 120 valence electrons. The molecule has 4 rings (SSSR count). The standard InChI is InChI=1S/C19H15NO3S/c1-13-6-9-15(10-7-13)24(21,22)23-18-12-20-17-11-8-14-4-2-3-5-16(14)19(17)18/h2-12,20H,1H3. The number of aryl methyl sites for hydroxylation is 1. The maximum absolute atomic E-state index is 12.6. The molecule has 4 nitrogen and oxygen atoms in total. The van der Waals surface area contributed by atoms with E-state index in [0.717, 1.165) is 27.2 Å². The fraction of sp³-hybridized carbons (Fsp3) is 0.0526. The molecule has 3 aromatic carbocycles. The van der Waals surface area contributed by atoms with E-state index in [9.17, 15) is 8.42 Å². The molecule has 24 heavy (non-hydrogen) atoms. The molecule has 0 amide bonds. The smallest absolute Gasteiger partial charge is 0.339 e. The van der Waals surface area contributed by atoms with Crippen LogP contribution < -0.4 is 4.18 Å². The lowest BCUT2D eigenvalue weighted by atomic mass is 10.1. The number of aromatic nitrogens is 1. The van der Waals surface area contributed by atoms with Gasteiger partial charge in [0.05, 0.1) is 5.39 Å². The predicted octanol–water partition coefficient (Wildman–Crippen LogP) is 4.40. The Morgan fingerprint density at radius 2 is 1.67 bits per heavy atom. The number of rotatable bonds is 3. The van der Waals surface area contributed by atoms with Gasteiger partial charge in [0.1, 0.15) is 4.90 Å². The first-order chi connectivity index (χ1) is 11.5. The number of hydrogen-bond donors (Lipinski definition) is 1. The zero-order valence-electron chi connectivity index (χ0n) is 13.0. The van der Waals surface area contributed by atoms with Gasteiger partial charge in [0.15, 0.2) is 5.75 Å². The molecule has 0 radical (unpaired) electrons. The molecule has 5 heteroatoms. The highest BCUT2D eigenvalue weighted by Gasteiger charge is 2.19. The minimum Gasteiger partial charge on any atom is -0.377 e. The molecule has 1 heterocycles. The third kappa shape index (κ3) is 2.43. The minimum absolute atomic E-state index is 0.141. The molecular weight excluding hydrogens is 322 g/mol. The van der Waals surface area contributed by atoms with Crippen molar-refractivity contribution < 1.29 is 12.6 Å². The minimum atomic E-state index is -3.88. The second kappa shape index (κ2) is 5.39. The Balaban J connectivity index is 1.85. The quantitative estimate of drug-likeness (QED) is 0.564. The van der Waals surface area contributed by atoms with E-state index in [1.807, 2.05) is 43.3 Å². The van der Waals surface area contributed by atoms with Gasteiger partial charge in [-0.25, -0.2) is 0 Å². The Morgan fingerprint density at radius 3 is 2.46 bits per heavy atom. The van der Waals surface area contributed by atoms with Crippen molar-refractivity contribution in [1.29, 1.82) is 0 Å². The van der Waals surface area contributed by atoms with Crippen molar-refractivity contribution in [3.8, 4) is 5.75 Å². The van der Waals surface area contributed by atoms with E-state index in [1.54, 1.807) is 30.5 Å². The Morgan fingerprint density at radius 1 is 0.917 bits per heavy atom. The van der Waals surface area contributed by atoms with Crippen molar-refractivity contribution in [3.05, 3.63) is 72.4 Å². The van der Waals surface area contributed by atoms with Crippen LogP contribution in [0.5, 0.6) is 5.75 Å². The highest BCUT2D eigenvalue weighted by atomic mass is 32.2. The Bertz CT molecular complexity index is 1140. The predicted molar refractivity (Wildman–Crippen MR) is 94.8 cm³/mol. The van der Waals surface area contributed by atoms with Gasteiger partial charge < -0.3 is 9.17 Å². The van der Waals surface area contributed by atoms with Crippen molar-refractivity contribution in [2.24, 2.45) is 0 Å². The van der Waals surface area contributed by atoms with E-state index < -0.39 is 10.1 Å². The maximum Gasteiger partial charge on any atom is 0.339 e. The van der Waals surface area contributed by atoms with Crippen LogP contribution in [0.1, 0.15) is 5.56 Å². The lowest BCUT2D eigenvalue weighted by Gasteiger charge is -2.07. The maximum atomic E-state index is 12.6. The summed E-state index contributed by atoms with van der Waals surface area (Å²) in [7, 11) is -3.88. The topological polar surface area (TPSA) is 59.2 Å². The van der Waals surface area contributed by atoms with E-state index in [-0.39, 0.29) is 4.90 Å². The molecule has 0 aliphatic carbocycles. The van der Waals surface area contributed by atoms with Gasteiger partial charge in [-0.1, -0.05) is 48.0 Å². The number of benzene rings is 3. The van der Waals surface area contributed by atoms with Crippen LogP contribution in [0, 0.1) is 6.92 Å². The third-order valence-electron chi connectivity index (χ3n) is 4.04. The lowest BCUT2D eigenvalue weighted by Crippen LogP contribution is -2.09. The van der Waals surface area contributed by atoms with Crippen LogP contribution in [0.25, 0.3) is 21.7 Å². The van der Waals surface area contributed by atoms with Gasteiger partial charge in [-0.15, -0.1) is 0 Å². The average Bonchev–Trinajstić information content (AvgIpc) is 2.98. The second-order valence-corrected chi connectivity index (χ2v) is 7.26. The van der Waals surface area contributed by atoms with Crippen LogP contribution in [0.2, 0.25) is 0 Å². The molecule has 0 fully saturated rings. The number of hydrogen-bond acceptors (Lipinski definition) is 3. The monoisotopic (exact) mass is 337 g/mol. The normalized spacial score (nSPS) is 11.9. The zero-order valence-corrected chi connectivity index (χ0v) is 13.8. The number of aromatic amines is 1. The lowest BCUT2D eigenvalue weighted by molar-refractivity contribution is 0.489. The first kappa shape index (κ1) is 14.8. The van der Waals surface area contributed by atoms with Crippen LogP contribution in [-0.2, 0) is 10.1 Å². The van der Waals surface area contributed by atoms with Crippen molar-refractivity contribution in [1.82, 2.24) is 4.98 Å². The molecule has 0 bridgehead atoms. The number of nitrogens with one attached hydrogen (secondary N) is 1. The van der Waals surface area contributed by atoms with E-state index >= 15 is 0 Å². The molecule has 0 saturated carbocycles. The summed E-state index contributed by atoms with van der Waals surface area (Å²) < 4.78 is 30.5. The third-order valence-corrected chi connectivity index (χ3v) is 5.29. The Labute approximate surface area is 139 Å². The van der Waals surface area contributed by atoms with E-state index in [2.05, 4.69) is 4.98 Å². The van der Waals surface area contributed by atoms with Crippen molar-refractivity contribution in [2.45, 2.75) is 11.8 Å². The van der Waals surface area contributed by atoms with Gasteiger partial charge >= 0.3 is 10.1 Å². The summed E-state index contributed by atoms with van der Waals surface area (Å²) in [6.45, 7) is 1.91. The summed E-state index contributed by atoms with van der Waals surface area (Å²) in [6, 6.07) is 18.3. The molecule has 0 saturated heterocycles. The van der Waals surface area contributed by atoms with E-state index in [0.29, 0.717) is 5.75 Å². The molecule has 1 N–H and O–H groups in total. The van der Waals surface area contributed by atoms with Gasteiger partial charge in [-0.05, 0) is 35.9 Å². The molecule has 0 unspecified atom stereocenters. The van der Waals surface area contributed by atoms with E-state index in [1.165, 1.54) is 0 Å². The second-order valence-electron chi connectivity index (χ2n) is 5.71. The Hall–Kier alpha value is -2.79. The van der Waals surface area contributed by atoms with Crippen LogP contribution >= 0.6 is 0 Å². The van der Waals surface area contributed by atoms with Gasteiger partial charge in [0, 0.05) is 11.7 Å². The van der Waals surface area contributed by atoms with Crippen LogP contribution in [0.15, 0.2) is 71.8 Å². The number of H-pyrrole nitrogens is 1. The Kier molecular flexibility index (Phi) is 3.32. The zero-order chi connectivity index (χ0) is 16.7. The van der Waals surface area contributed by atoms with Gasteiger partial charge in [0.25, 0.3) is 0 Å². The molecule has 0 aliphatic rings. The fourth-order valence-corrected chi connectivity index (χ4v) is 3.74. The van der Waals surface area contributed by atoms with Crippen LogP contribution in [0.3, 0.4) is 0 Å². The van der Waals surface area contributed by atoms with E-state index in [4.69, 9.17) is 4.18 Å². The summed E-state index contributed by atoms with van der Waals surface area (Å²) in [5.74, 6) is 0.308. The molecule has 0 spiro atoms. The fourth-order valence-electron chi connectivity index (χ4n) is 2.81. The highest BCUT2D eigenvalue weighted by molar-refractivity contribution is 7.87. The molecular formula is C19H15NO3S. The molecule has 4 aromatic rings. The van der Waals surface area contributed by atoms with Gasteiger partial charge in [-0.3, -0.25) is 0 Å². The largest absolute Gasteiger partial charge is 0.377 e. The van der Waals surface area contributed by atoms with Gasteiger partial charge in [-0.2, -0.15) is 8.42 Å². The number of fused-ring (bicyclic) bond motifs is 3. The molecule has 0 aliphatic heterocycles. The van der Waals surface area contributed by atoms with Crippen molar-refractivity contribution >= 4 is 31.8 Å². The summed E-state index contributed by atoms with van der Waals surface area (Å²) in [4.78, 5) is 3.22. The molecule has 0 atom stereocenters. The first-order valence-electron chi connectivity index (χ1n) is 7.54. The summed E-state index contributed by atoms with van der Waals surface area (Å²) in [6.07, 6.45) is 1.59. The van der Waals surface area contributed by atoms with Gasteiger partial charge in [0.2, 0.25) is 0 Å². The first-order valence-corrected chi connectivity index (χ1v) is 8.95. The summed E-state index contributed by atoms with van der Waals surface area (Å²) in [5.41, 5.74) is 1.83. The summed E-state index contributed by atoms with van der Waals surface area (Å²) >= 11 is 0.